The Morgan fingerprint density at radius 1 is 1.18 bits per heavy atom. The number of nitrogens with one attached hydrogen (secondary N) is 1. The summed E-state index contributed by atoms with van der Waals surface area (Å²) in [4.78, 5) is 8.68. The highest BCUT2D eigenvalue weighted by Crippen LogP contribution is 2.19. The molecule has 0 saturated heterocycles. The van der Waals surface area contributed by atoms with Gasteiger partial charge in [0.05, 0.1) is 7.11 Å². The van der Waals surface area contributed by atoms with E-state index in [1.165, 1.54) is 0 Å². The lowest BCUT2D eigenvalue weighted by Gasteiger charge is -2.05. The highest BCUT2D eigenvalue weighted by Gasteiger charge is 2.02. The first-order chi connectivity index (χ1) is 8.33. The zero-order chi connectivity index (χ0) is 12.1. The molecule has 0 spiro atoms. The first-order valence-electron chi connectivity index (χ1n) is 5.55. The van der Waals surface area contributed by atoms with Crippen LogP contribution in [0, 0.1) is 0 Å². The minimum absolute atomic E-state index is 0.714. The molecule has 1 aromatic heterocycles. The summed E-state index contributed by atoms with van der Waals surface area (Å²) in [5, 5.41) is 3.16. The van der Waals surface area contributed by atoms with E-state index < -0.39 is 0 Å². The molecule has 2 aromatic rings. The van der Waals surface area contributed by atoms with E-state index in [-0.39, 0.29) is 0 Å². The molecule has 88 valence electrons. The molecule has 1 heterocycles. The van der Waals surface area contributed by atoms with Crippen molar-refractivity contribution < 1.29 is 4.74 Å². The van der Waals surface area contributed by atoms with Gasteiger partial charge in [-0.05, 0) is 37.3 Å². The van der Waals surface area contributed by atoms with Gasteiger partial charge < -0.3 is 10.1 Å². The Kier molecular flexibility index (Phi) is 3.55. The molecule has 0 bridgehead atoms. The molecular formula is C13H15N3O. The Hall–Kier alpha value is -2.10. The van der Waals surface area contributed by atoms with Crippen molar-refractivity contribution in [1.82, 2.24) is 9.97 Å². The molecule has 0 unspecified atom stereocenters. The fourth-order valence-corrected chi connectivity index (χ4v) is 1.52. The molecule has 0 aliphatic carbocycles. The quantitative estimate of drug-likeness (QED) is 0.875. The second-order valence-corrected chi connectivity index (χ2v) is 3.52. The average Bonchev–Trinajstić information content (AvgIpc) is 2.40. The molecule has 0 saturated carbocycles. The Bertz CT molecular complexity index is 482. The first-order valence-corrected chi connectivity index (χ1v) is 5.55. The van der Waals surface area contributed by atoms with Crippen LogP contribution in [-0.2, 0) is 0 Å². The number of hydrogen-bond acceptors (Lipinski definition) is 4. The largest absolute Gasteiger partial charge is 0.497 e. The smallest absolute Gasteiger partial charge is 0.161 e. The maximum absolute atomic E-state index is 5.11. The number of aromatic nitrogens is 2. The van der Waals surface area contributed by atoms with Crippen molar-refractivity contribution in [3.8, 4) is 17.1 Å². The van der Waals surface area contributed by atoms with Crippen LogP contribution in [0.15, 0.2) is 36.5 Å². The molecule has 0 atom stereocenters. The number of methoxy groups -OCH3 is 1. The maximum Gasteiger partial charge on any atom is 0.161 e. The zero-order valence-corrected chi connectivity index (χ0v) is 9.97. The Labute approximate surface area is 101 Å². The van der Waals surface area contributed by atoms with Crippen molar-refractivity contribution in [3.63, 3.8) is 0 Å². The number of ether oxygens (including phenoxy) is 1. The molecule has 0 amide bonds. The van der Waals surface area contributed by atoms with E-state index in [2.05, 4.69) is 15.3 Å². The van der Waals surface area contributed by atoms with Gasteiger partial charge in [0, 0.05) is 18.3 Å². The lowest BCUT2D eigenvalue weighted by Crippen LogP contribution is -2.00. The third kappa shape index (κ3) is 2.72. The Balaban J connectivity index is 2.28. The topological polar surface area (TPSA) is 47.0 Å². The van der Waals surface area contributed by atoms with E-state index in [0.29, 0.717) is 5.82 Å². The lowest BCUT2D eigenvalue weighted by molar-refractivity contribution is 0.415. The summed E-state index contributed by atoms with van der Waals surface area (Å²) in [5.41, 5.74) is 0.977. The van der Waals surface area contributed by atoms with Crippen LogP contribution in [0.2, 0.25) is 0 Å². The molecular weight excluding hydrogens is 214 g/mol. The average molecular weight is 229 g/mol. The number of hydrogen-bond donors (Lipinski definition) is 1. The van der Waals surface area contributed by atoms with Crippen molar-refractivity contribution in [2.75, 3.05) is 19.0 Å². The van der Waals surface area contributed by atoms with Crippen LogP contribution in [0.1, 0.15) is 6.92 Å². The molecule has 2 rings (SSSR count). The van der Waals surface area contributed by atoms with E-state index >= 15 is 0 Å². The Morgan fingerprint density at radius 2 is 1.94 bits per heavy atom. The summed E-state index contributed by atoms with van der Waals surface area (Å²) < 4.78 is 5.11. The van der Waals surface area contributed by atoms with Crippen LogP contribution in [0.5, 0.6) is 5.75 Å². The van der Waals surface area contributed by atoms with Gasteiger partial charge in [0.2, 0.25) is 0 Å². The van der Waals surface area contributed by atoms with E-state index in [1.807, 2.05) is 37.3 Å². The molecule has 0 radical (unpaired) electrons. The minimum Gasteiger partial charge on any atom is -0.497 e. The summed E-state index contributed by atoms with van der Waals surface area (Å²) in [7, 11) is 1.65. The number of rotatable bonds is 4. The molecule has 0 aliphatic heterocycles. The van der Waals surface area contributed by atoms with Crippen molar-refractivity contribution >= 4 is 5.82 Å². The second-order valence-electron chi connectivity index (χ2n) is 3.52. The highest BCUT2D eigenvalue weighted by atomic mass is 16.5. The zero-order valence-electron chi connectivity index (χ0n) is 9.97. The van der Waals surface area contributed by atoms with Gasteiger partial charge in [0.15, 0.2) is 5.82 Å². The van der Waals surface area contributed by atoms with Gasteiger partial charge >= 0.3 is 0 Å². The van der Waals surface area contributed by atoms with Crippen molar-refractivity contribution in [3.05, 3.63) is 36.5 Å². The van der Waals surface area contributed by atoms with Crippen LogP contribution in [0.4, 0.5) is 5.82 Å². The van der Waals surface area contributed by atoms with Crippen molar-refractivity contribution in [1.29, 1.82) is 0 Å². The molecule has 1 aromatic carbocycles. The maximum atomic E-state index is 5.11. The van der Waals surface area contributed by atoms with E-state index in [4.69, 9.17) is 4.74 Å². The van der Waals surface area contributed by atoms with Crippen LogP contribution in [0.25, 0.3) is 11.4 Å². The fourth-order valence-electron chi connectivity index (χ4n) is 1.52. The van der Waals surface area contributed by atoms with Gasteiger partial charge in [-0.3, -0.25) is 0 Å². The van der Waals surface area contributed by atoms with Gasteiger partial charge in [-0.1, -0.05) is 0 Å². The summed E-state index contributed by atoms with van der Waals surface area (Å²) in [6.45, 7) is 2.88. The third-order valence-electron chi connectivity index (χ3n) is 2.36. The van der Waals surface area contributed by atoms with Crippen LogP contribution in [0.3, 0.4) is 0 Å². The predicted octanol–water partition coefficient (Wildman–Crippen LogP) is 2.58. The van der Waals surface area contributed by atoms with Crippen LogP contribution in [-0.4, -0.2) is 23.6 Å². The van der Waals surface area contributed by atoms with E-state index in [9.17, 15) is 0 Å². The van der Waals surface area contributed by atoms with Crippen LogP contribution < -0.4 is 10.1 Å². The minimum atomic E-state index is 0.714. The number of nitrogens with zero attached hydrogens (tertiary/aromatic N) is 2. The molecule has 4 nitrogen and oxygen atoms in total. The molecule has 4 heteroatoms. The number of anilines is 1. The third-order valence-corrected chi connectivity index (χ3v) is 2.36. The molecule has 17 heavy (non-hydrogen) atoms. The monoisotopic (exact) mass is 229 g/mol. The molecule has 0 fully saturated rings. The van der Waals surface area contributed by atoms with Crippen LogP contribution >= 0.6 is 0 Å². The van der Waals surface area contributed by atoms with Crippen molar-refractivity contribution in [2.24, 2.45) is 0 Å². The van der Waals surface area contributed by atoms with Gasteiger partial charge in [0.1, 0.15) is 11.6 Å². The number of benzene rings is 1. The van der Waals surface area contributed by atoms with Crippen molar-refractivity contribution in [2.45, 2.75) is 6.92 Å². The van der Waals surface area contributed by atoms with E-state index in [0.717, 1.165) is 23.7 Å². The van der Waals surface area contributed by atoms with Gasteiger partial charge in [-0.25, -0.2) is 9.97 Å². The molecule has 1 N–H and O–H groups in total. The molecule has 0 aliphatic rings. The lowest BCUT2D eigenvalue weighted by atomic mass is 10.2. The standard InChI is InChI=1S/C13H15N3O/c1-3-14-12-8-9-15-13(16-12)10-4-6-11(17-2)7-5-10/h4-9H,3H2,1-2H3,(H,14,15,16). The first kappa shape index (κ1) is 11.4. The van der Waals surface area contributed by atoms with Gasteiger partial charge in [-0.2, -0.15) is 0 Å². The SMILES string of the molecule is CCNc1ccnc(-c2ccc(OC)cc2)n1. The van der Waals surface area contributed by atoms with Gasteiger partial charge in [0.25, 0.3) is 0 Å². The predicted molar refractivity (Wildman–Crippen MR) is 68.2 cm³/mol. The Morgan fingerprint density at radius 3 is 2.59 bits per heavy atom. The van der Waals surface area contributed by atoms with Gasteiger partial charge in [-0.15, -0.1) is 0 Å². The second kappa shape index (κ2) is 5.30. The highest BCUT2D eigenvalue weighted by molar-refractivity contribution is 5.57. The fraction of sp³-hybridized carbons (Fsp3) is 0.231. The normalized spacial score (nSPS) is 10.0. The van der Waals surface area contributed by atoms with E-state index in [1.54, 1.807) is 13.3 Å². The summed E-state index contributed by atoms with van der Waals surface area (Å²) in [6, 6.07) is 9.56. The summed E-state index contributed by atoms with van der Waals surface area (Å²) in [5.74, 6) is 2.39. The summed E-state index contributed by atoms with van der Waals surface area (Å²) >= 11 is 0. The summed E-state index contributed by atoms with van der Waals surface area (Å²) in [6.07, 6.45) is 1.75.